The molecule has 2 rings (SSSR count). The molecular weight excluding hydrogens is 410 g/mol. The molecule has 0 aromatic heterocycles. The molecule has 0 spiro atoms. The summed E-state index contributed by atoms with van der Waals surface area (Å²) in [4.78, 5) is 48.5. The van der Waals surface area contributed by atoms with Crippen LogP contribution in [-0.2, 0) is 23.8 Å². The first-order valence-corrected chi connectivity index (χ1v) is 9.78. The fourth-order valence-corrected chi connectivity index (χ4v) is 3.24. The van der Waals surface area contributed by atoms with E-state index < -0.39 is 30.4 Å². The molecule has 1 amide bonds. The van der Waals surface area contributed by atoms with Gasteiger partial charge in [-0.15, -0.1) is 11.8 Å². The molecular formula is C21H21NO7S. The molecule has 0 aliphatic heterocycles. The van der Waals surface area contributed by atoms with Crippen molar-refractivity contribution in [1.82, 2.24) is 0 Å². The van der Waals surface area contributed by atoms with Gasteiger partial charge in [-0.05, 0) is 36.8 Å². The van der Waals surface area contributed by atoms with Gasteiger partial charge in [0.25, 0.3) is 5.91 Å². The minimum atomic E-state index is -0.684. The van der Waals surface area contributed by atoms with Crippen molar-refractivity contribution in [2.45, 2.75) is 11.8 Å². The Hall–Kier alpha value is -3.33. The minimum Gasteiger partial charge on any atom is -0.465 e. The van der Waals surface area contributed by atoms with E-state index in [0.717, 1.165) is 10.5 Å². The highest BCUT2D eigenvalue weighted by atomic mass is 32.2. The molecule has 0 radical (unpaired) electrons. The molecule has 1 N–H and O–H groups in total. The Morgan fingerprint density at radius 1 is 0.933 bits per heavy atom. The number of rotatable bonds is 8. The van der Waals surface area contributed by atoms with Crippen LogP contribution in [0.1, 0.15) is 26.3 Å². The molecule has 0 unspecified atom stereocenters. The Morgan fingerprint density at radius 3 is 2.10 bits per heavy atom. The van der Waals surface area contributed by atoms with Crippen LogP contribution in [0.5, 0.6) is 0 Å². The first-order valence-electron chi connectivity index (χ1n) is 8.79. The van der Waals surface area contributed by atoms with Crippen molar-refractivity contribution >= 4 is 41.3 Å². The molecule has 8 nitrogen and oxygen atoms in total. The van der Waals surface area contributed by atoms with Crippen LogP contribution < -0.4 is 5.32 Å². The van der Waals surface area contributed by atoms with Crippen LogP contribution in [0.2, 0.25) is 0 Å². The third kappa shape index (κ3) is 6.63. The van der Waals surface area contributed by atoms with Gasteiger partial charge in [0.1, 0.15) is 0 Å². The van der Waals surface area contributed by atoms with Crippen LogP contribution in [0.3, 0.4) is 0 Å². The molecule has 0 bridgehead atoms. The lowest BCUT2D eigenvalue weighted by Crippen LogP contribution is -2.22. The third-order valence-corrected chi connectivity index (χ3v) is 5.01. The summed E-state index contributed by atoms with van der Waals surface area (Å²) in [5.41, 5.74) is 1.32. The highest BCUT2D eigenvalue weighted by Gasteiger charge is 2.16. The van der Waals surface area contributed by atoms with E-state index in [1.807, 2.05) is 31.2 Å². The van der Waals surface area contributed by atoms with Gasteiger partial charge in [-0.3, -0.25) is 9.59 Å². The Bertz CT molecular complexity index is 924. The number of ether oxygens (including phenoxy) is 3. The van der Waals surface area contributed by atoms with E-state index in [0.29, 0.717) is 0 Å². The lowest BCUT2D eigenvalue weighted by molar-refractivity contribution is -0.144. The van der Waals surface area contributed by atoms with Crippen LogP contribution in [-0.4, -0.2) is 50.4 Å². The predicted octanol–water partition coefficient (Wildman–Crippen LogP) is 2.84. The zero-order chi connectivity index (χ0) is 22.1. The Labute approximate surface area is 177 Å². The van der Waals surface area contributed by atoms with Gasteiger partial charge >= 0.3 is 17.9 Å². The van der Waals surface area contributed by atoms with Crippen molar-refractivity contribution in [1.29, 1.82) is 0 Å². The van der Waals surface area contributed by atoms with Crippen molar-refractivity contribution in [2.24, 2.45) is 0 Å². The number of carbonyl (C=O) groups is 4. The number of benzene rings is 2. The number of hydrogen-bond acceptors (Lipinski definition) is 8. The summed E-state index contributed by atoms with van der Waals surface area (Å²) in [5, 5.41) is 2.48. The minimum absolute atomic E-state index is 0.0577. The lowest BCUT2D eigenvalue weighted by Gasteiger charge is -2.10. The smallest absolute Gasteiger partial charge is 0.337 e. The quantitative estimate of drug-likeness (QED) is 0.386. The van der Waals surface area contributed by atoms with Crippen molar-refractivity contribution in [3.8, 4) is 0 Å². The second kappa shape index (κ2) is 11.0. The molecule has 9 heteroatoms. The maximum Gasteiger partial charge on any atom is 0.337 e. The van der Waals surface area contributed by atoms with Gasteiger partial charge in [0, 0.05) is 10.6 Å². The molecule has 30 heavy (non-hydrogen) atoms. The van der Waals surface area contributed by atoms with Crippen LogP contribution in [0.15, 0.2) is 47.4 Å². The van der Waals surface area contributed by atoms with Crippen LogP contribution in [0, 0.1) is 6.92 Å². The molecule has 158 valence electrons. The zero-order valence-electron chi connectivity index (χ0n) is 16.7. The van der Waals surface area contributed by atoms with E-state index in [2.05, 4.69) is 14.8 Å². The number of thioether (sulfide) groups is 1. The summed E-state index contributed by atoms with van der Waals surface area (Å²) in [6.07, 6.45) is 0. The van der Waals surface area contributed by atoms with Gasteiger partial charge in [-0.2, -0.15) is 0 Å². The molecule has 0 fully saturated rings. The highest BCUT2D eigenvalue weighted by Crippen LogP contribution is 2.21. The summed E-state index contributed by atoms with van der Waals surface area (Å²) in [7, 11) is 2.39. The third-order valence-electron chi connectivity index (χ3n) is 3.86. The number of carbonyl (C=O) groups excluding carboxylic acids is 4. The van der Waals surface area contributed by atoms with E-state index in [4.69, 9.17) is 4.74 Å². The Kier molecular flexibility index (Phi) is 8.42. The number of methoxy groups -OCH3 is 2. The standard InChI is InChI=1S/C21H21NO7S/c1-13-6-4-5-7-17(13)30-12-19(24)29-11-18(23)22-16-9-14(20(25)27-2)8-15(10-16)21(26)28-3/h4-10H,11-12H2,1-3H3,(H,22,23). The van der Waals surface area contributed by atoms with Gasteiger partial charge < -0.3 is 19.5 Å². The maximum absolute atomic E-state index is 12.1. The number of hydrogen-bond donors (Lipinski definition) is 1. The van der Waals surface area contributed by atoms with Crippen molar-refractivity contribution in [2.75, 3.05) is 31.9 Å². The average molecular weight is 431 g/mol. The van der Waals surface area contributed by atoms with Crippen LogP contribution in [0.25, 0.3) is 0 Å². The topological polar surface area (TPSA) is 108 Å². The lowest BCUT2D eigenvalue weighted by atomic mass is 10.1. The fourth-order valence-electron chi connectivity index (χ4n) is 2.41. The van der Waals surface area contributed by atoms with Gasteiger partial charge in [-0.1, -0.05) is 18.2 Å². The van der Waals surface area contributed by atoms with Gasteiger partial charge in [0.05, 0.1) is 31.1 Å². The molecule has 2 aromatic rings. The first kappa shape index (κ1) is 23.0. The van der Waals surface area contributed by atoms with Crippen LogP contribution in [0.4, 0.5) is 5.69 Å². The second-order valence-corrected chi connectivity index (χ2v) is 7.06. The summed E-state index contributed by atoms with van der Waals surface area (Å²) in [6.45, 7) is 1.43. The SMILES string of the molecule is COC(=O)c1cc(NC(=O)COC(=O)CSc2ccccc2C)cc(C(=O)OC)c1. The van der Waals surface area contributed by atoms with E-state index in [-0.39, 0.29) is 22.6 Å². The predicted molar refractivity (Wildman–Crippen MR) is 111 cm³/mol. The molecule has 0 aliphatic rings. The van der Waals surface area contributed by atoms with Crippen molar-refractivity contribution in [3.05, 3.63) is 59.2 Å². The summed E-state index contributed by atoms with van der Waals surface area (Å²) < 4.78 is 14.3. The monoisotopic (exact) mass is 431 g/mol. The Morgan fingerprint density at radius 2 is 1.53 bits per heavy atom. The molecule has 2 aromatic carbocycles. The molecule has 0 heterocycles. The second-order valence-electron chi connectivity index (χ2n) is 6.05. The summed E-state index contributed by atoms with van der Waals surface area (Å²) >= 11 is 1.32. The van der Waals surface area contributed by atoms with Crippen molar-refractivity contribution in [3.63, 3.8) is 0 Å². The Balaban J connectivity index is 1.95. The largest absolute Gasteiger partial charge is 0.465 e. The number of esters is 3. The number of amides is 1. The summed E-state index contributed by atoms with van der Waals surface area (Å²) in [5.74, 6) is -2.48. The number of anilines is 1. The molecule has 0 aliphatic carbocycles. The molecule has 0 saturated carbocycles. The summed E-state index contributed by atoms with van der Waals surface area (Å²) in [6, 6.07) is 11.6. The van der Waals surface area contributed by atoms with E-state index in [9.17, 15) is 19.2 Å². The highest BCUT2D eigenvalue weighted by molar-refractivity contribution is 8.00. The van der Waals surface area contributed by atoms with E-state index >= 15 is 0 Å². The fraction of sp³-hybridized carbons (Fsp3) is 0.238. The molecule has 0 atom stereocenters. The van der Waals surface area contributed by atoms with Gasteiger partial charge in [-0.25, -0.2) is 9.59 Å². The van der Waals surface area contributed by atoms with Crippen molar-refractivity contribution < 1.29 is 33.4 Å². The number of aryl methyl sites for hydroxylation is 1. The van der Waals surface area contributed by atoms with E-state index in [1.54, 1.807) is 0 Å². The van der Waals surface area contributed by atoms with Gasteiger partial charge in [0.15, 0.2) is 6.61 Å². The van der Waals surface area contributed by atoms with E-state index in [1.165, 1.54) is 44.2 Å². The maximum atomic E-state index is 12.1. The van der Waals surface area contributed by atoms with Crippen LogP contribution >= 0.6 is 11.8 Å². The normalized spacial score (nSPS) is 10.1. The zero-order valence-corrected chi connectivity index (χ0v) is 17.5. The first-order chi connectivity index (χ1) is 14.3. The molecule has 0 saturated heterocycles. The van der Waals surface area contributed by atoms with Gasteiger partial charge in [0.2, 0.25) is 0 Å². The average Bonchev–Trinajstić information content (AvgIpc) is 2.75. The number of nitrogens with one attached hydrogen (secondary N) is 1.